The van der Waals surface area contributed by atoms with Gasteiger partial charge in [-0.05, 0) is 36.8 Å². The molecule has 0 aromatic heterocycles. The molecule has 0 amide bonds. The van der Waals surface area contributed by atoms with E-state index in [1.807, 2.05) is 0 Å². The molecule has 1 aliphatic rings. The van der Waals surface area contributed by atoms with Crippen molar-refractivity contribution in [1.29, 1.82) is 0 Å². The van der Waals surface area contributed by atoms with Gasteiger partial charge in [-0.25, -0.2) is 0 Å². The molecule has 1 aliphatic carbocycles. The van der Waals surface area contributed by atoms with Crippen molar-refractivity contribution in [3.05, 3.63) is 35.4 Å². The number of benzene rings is 1. The Morgan fingerprint density at radius 3 is 2.11 bits per heavy atom. The van der Waals surface area contributed by atoms with Crippen LogP contribution in [-0.4, -0.2) is 6.10 Å². The van der Waals surface area contributed by atoms with E-state index >= 15 is 0 Å². The third kappa shape index (κ3) is 3.56. The van der Waals surface area contributed by atoms with E-state index in [4.69, 9.17) is 4.84 Å². The van der Waals surface area contributed by atoms with Gasteiger partial charge in [0.25, 0.3) is 0 Å². The maximum atomic E-state index is 5.75. The van der Waals surface area contributed by atoms with Gasteiger partial charge in [-0.2, -0.15) is 5.48 Å². The Kier molecular flexibility index (Phi) is 4.79. The largest absolute Gasteiger partial charge is 0.298 e. The minimum Gasteiger partial charge on any atom is -0.298 e. The lowest BCUT2D eigenvalue weighted by molar-refractivity contribution is -0.0376. The van der Waals surface area contributed by atoms with E-state index in [2.05, 4.69) is 50.5 Å². The van der Waals surface area contributed by atoms with Crippen molar-refractivity contribution in [2.24, 2.45) is 0 Å². The molecule has 0 saturated heterocycles. The smallest absolute Gasteiger partial charge is 0.0790 e. The number of hydrogen-bond acceptors (Lipinski definition) is 2. The molecule has 100 valence electrons. The molecule has 18 heavy (non-hydrogen) atoms. The van der Waals surface area contributed by atoms with Crippen molar-refractivity contribution in [3.63, 3.8) is 0 Å². The quantitative estimate of drug-likeness (QED) is 0.782. The van der Waals surface area contributed by atoms with E-state index in [1.54, 1.807) is 0 Å². The molecule has 0 spiro atoms. The molecule has 1 aromatic carbocycles. The summed E-state index contributed by atoms with van der Waals surface area (Å²) in [6.07, 6.45) is 5.44. The average Bonchev–Trinajstić information content (AvgIpc) is 2.89. The summed E-state index contributed by atoms with van der Waals surface area (Å²) < 4.78 is 0. The van der Waals surface area contributed by atoms with Crippen molar-refractivity contribution in [1.82, 2.24) is 5.48 Å². The van der Waals surface area contributed by atoms with E-state index in [0.29, 0.717) is 12.0 Å². The lowest BCUT2D eigenvalue weighted by Gasteiger charge is -2.18. The molecule has 2 rings (SSSR count). The fourth-order valence-corrected chi connectivity index (χ4v) is 2.44. The summed E-state index contributed by atoms with van der Waals surface area (Å²) in [5.41, 5.74) is 5.87. The SMILES string of the molecule is CC(C)c1ccc(C(C)NOC2CCCC2)cc1. The fraction of sp³-hybridized carbons (Fsp3) is 0.625. The van der Waals surface area contributed by atoms with Crippen LogP contribution in [0.4, 0.5) is 0 Å². The minimum atomic E-state index is 0.256. The summed E-state index contributed by atoms with van der Waals surface area (Å²) in [5, 5.41) is 0. The van der Waals surface area contributed by atoms with Crippen LogP contribution in [0.1, 0.15) is 69.5 Å². The second-order valence-electron chi connectivity index (χ2n) is 5.69. The molecule has 2 nitrogen and oxygen atoms in total. The number of nitrogens with one attached hydrogen (secondary N) is 1. The molecule has 1 N–H and O–H groups in total. The number of hydroxylamine groups is 1. The molecule has 1 unspecified atom stereocenters. The van der Waals surface area contributed by atoms with Gasteiger partial charge < -0.3 is 0 Å². The van der Waals surface area contributed by atoms with Gasteiger partial charge in [0.05, 0.1) is 12.1 Å². The highest BCUT2D eigenvalue weighted by atomic mass is 16.7. The highest BCUT2D eigenvalue weighted by Gasteiger charge is 2.16. The molecule has 2 heteroatoms. The van der Waals surface area contributed by atoms with E-state index in [-0.39, 0.29) is 6.04 Å². The second-order valence-corrected chi connectivity index (χ2v) is 5.69. The van der Waals surface area contributed by atoms with E-state index in [1.165, 1.54) is 36.8 Å². The zero-order valence-corrected chi connectivity index (χ0v) is 11.8. The van der Waals surface area contributed by atoms with Gasteiger partial charge >= 0.3 is 0 Å². The minimum absolute atomic E-state index is 0.256. The number of rotatable bonds is 5. The lowest BCUT2D eigenvalue weighted by atomic mass is 10.00. The van der Waals surface area contributed by atoms with Gasteiger partial charge in [0.2, 0.25) is 0 Å². The second kappa shape index (κ2) is 6.35. The van der Waals surface area contributed by atoms with Crippen LogP contribution >= 0.6 is 0 Å². The molecular weight excluding hydrogens is 222 g/mol. The first kappa shape index (κ1) is 13.6. The van der Waals surface area contributed by atoms with E-state index in [0.717, 1.165) is 0 Å². The molecule has 1 fully saturated rings. The summed E-state index contributed by atoms with van der Waals surface area (Å²) in [5.74, 6) is 0.594. The molecule has 1 aromatic rings. The lowest BCUT2D eigenvalue weighted by Crippen LogP contribution is -2.24. The van der Waals surface area contributed by atoms with Crippen molar-refractivity contribution in [2.45, 2.75) is 64.5 Å². The van der Waals surface area contributed by atoms with Crippen LogP contribution in [0.5, 0.6) is 0 Å². The van der Waals surface area contributed by atoms with Crippen LogP contribution in [0.25, 0.3) is 0 Å². The zero-order valence-electron chi connectivity index (χ0n) is 11.8. The molecular formula is C16H25NO. The first-order valence-corrected chi connectivity index (χ1v) is 7.18. The van der Waals surface area contributed by atoms with Crippen molar-refractivity contribution >= 4 is 0 Å². The summed E-state index contributed by atoms with van der Waals surface area (Å²) in [6.45, 7) is 6.60. The van der Waals surface area contributed by atoms with Crippen LogP contribution in [0, 0.1) is 0 Å². The Morgan fingerprint density at radius 1 is 1.00 bits per heavy atom. The topological polar surface area (TPSA) is 21.3 Å². The van der Waals surface area contributed by atoms with Gasteiger partial charge in [0.1, 0.15) is 0 Å². The van der Waals surface area contributed by atoms with Crippen LogP contribution < -0.4 is 5.48 Å². The molecule has 0 radical (unpaired) electrons. The molecule has 1 atom stereocenters. The Bertz CT molecular complexity index is 352. The van der Waals surface area contributed by atoms with Gasteiger partial charge in [-0.1, -0.05) is 51.0 Å². The predicted molar refractivity (Wildman–Crippen MR) is 75.4 cm³/mol. The van der Waals surface area contributed by atoms with E-state index < -0.39 is 0 Å². The number of hydrogen-bond donors (Lipinski definition) is 1. The Morgan fingerprint density at radius 2 is 1.56 bits per heavy atom. The van der Waals surface area contributed by atoms with Crippen LogP contribution in [-0.2, 0) is 4.84 Å². The third-order valence-electron chi connectivity index (χ3n) is 3.82. The molecule has 0 aliphatic heterocycles. The highest BCUT2D eigenvalue weighted by molar-refractivity contribution is 5.26. The predicted octanol–water partition coefficient (Wildman–Crippen LogP) is 4.33. The van der Waals surface area contributed by atoms with Crippen LogP contribution in [0.3, 0.4) is 0 Å². The third-order valence-corrected chi connectivity index (χ3v) is 3.82. The van der Waals surface area contributed by atoms with Gasteiger partial charge in [0.15, 0.2) is 0 Å². The average molecular weight is 247 g/mol. The van der Waals surface area contributed by atoms with Crippen LogP contribution in [0.15, 0.2) is 24.3 Å². The summed E-state index contributed by atoms with van der Waals surface area (Å²) in [4.78, 5) is 5.75. The Hall–Kier alpha value is -0.860. The van der Waals surface area contributed by atoms with Crippen LogP contribution in [0.2, 0.25) is 0 Å². The molecule has 0 bridgehead atoms. The summed E-state index contributed by atoms with van der Waals surface area (Å²) in [7, 11) is 0. The normalized spacial score (nSPS) is 18.4. The first-order valence-electron chi connectivity index (χ1n) is 7.18. The van der Waals surface area contributed by atoms with Gasteiger partial charge in [-0.3, -0.25) is 4.84 Å². The fourth-order valence-electron chi connectivity index (χ4n) is 2.44. The first-order chi connectivity index (χ1) is 8.66. The van der Waals surface area contributed by atoms with E-state index in [9.17, 15) is 0 Å². The standard InChI is InChI=1S/C16H25NO/c1-12(2)14-8-10-15(11-9-14)13(3)17-18-16-6-4-5-7-16/h8-13,16-17H,4-7H2,1-3H3. The molecule has 1 saturated carbocycles. The van der Waals surface area contributed by atoms with Crippen molar-refractivity contribution in [2.75, 3.05) is 0 Å². The zero-order chi connectivity index (χ0) is 13.0. The Labute approximate surface area is 111 Å². The van der Waals surface area contributed by atoms with Crippen molar-refractivity contribution < 1.29 is 4.84 Å². The monoisotopic (exact) mass is 247 g/mol. The summed E-state index contributed by atoms with van der Waals surface area (Å²) in [6, 6.07) is 9.09. The highest BCUT2D eigenvalue weighted by Crippen LogP contribution is 2.22. The van der Waals surface area contributed by atoms with Gasteiger partial charge in [-0.15, -0.1) is 0 Å². The Balaban J connectivity index is 1.85. The maximum Gasteiger partial charge on any atom is 0.0790 e. The van der Waals surface area contributed by atoms with Crippen molar-refractivity contribution in [3.8, 4) is 0 Å². The van der Waals surface area contributed by atoms with Gasteiger partial charge in [0, 0.05) is 0 Å². The summed E-state index contributed by atoms with van der Waals surface area (Å²) >= 11 is 0. The molecule has 0 heterocycles. The maximum absolute atomic E-state index is 5.75.